The second kappa shape index (κ2) is 5.81. The van der Waals surface area contributed by atoms with Crippen LogP contribution in [0.4, 0.5) is 0 Å². The molecular weight excluding hydrogens is 340 g/mol. The molecule has 0 unspecified atom stereocenters. The Morgan fingerprint density at radius 2 is 1.95 bits per heavy atom. The van der Waals surface area contributed by atoms with Gasteiger partial charge in [-0.25, -0.2) is 0 Å². The van der Waals surface area contributed by atoms with Gasteiger partial charge < -0.3 is 4.18 Å². The molecule has 2 rings (SSSR count). The molecule has 0 saturated heterocycles. The second-order valence-electron chi connectivity index (χ2n) is 4.24. The fourth-order valence-electron chi connectivity index (χ4n) is 1.75. The van der Waals surface area contributed by atoms with E-state index in [1.54, 1.807) is 36.4 Å². The van der Waals surface area contributed by atoms with E-state index in [2.05, 4.69) is 22.5 Å². The van der Waals surface area contributed by atoms with E-state index < -0.39 is 10.1 Å². The van der Waals surface area contributed by atoms with Crippen LogP contribution in [0.15, 0.2) is 58.4 Å². The molecule has 0 spiro atoms. The van der Waals surface area contributed by atoms with Crippen molar-refractivity contribution < 1.29 is 12.6 Å². The van der Waals surface area contributed by atoms with Gasteiger partial charge in [-0.3, -0.25) is 0 Å². The van der Waals surface area contributed by atoms with Gasteiger partial charge in [-0.2, -0.15) is 8.42 Å². The van der Waals surface area contributed by atoms with Gasteiger partial charge in [0.2, 0.25) is 0 Å². The number of aryl methyl sites for hydroxylation is 1. The Hall–Kier alpha value is -1.59. The van der Waals surface area contributed by atoms with Crippen molar-refractivity contribution in [2.45, 2.75) is 11.8 Å². The van der Waals surface area contributed by atoms with Crippen LogP contribution in [0.25, 0.3) is 6.08 Å². The second-order valence-corrected chi connectivity index (χ2v) is 6.67. The lowest BCUT2D eigenvalue weighted by Gasteiger charge is -2.10. The molecule has 0 aliphatic rings. The zero-order valence-corrected chi connectivity index (χ0v) is 13.2. The highest BCUT2D eigenvalue weighted by molar-refractivity contribution is 9.10. The van der Waals surface area contributed by atoms with Crippen molar-refractivity contribution >= 4 is 32.1 Å². The summed E-state index contributed by atoms with van der Waals surface area (Å²) < 4.78 is 30.5. The highest BCUT2D eigenvalue weighted by Gasteiger charge is 2.19. The maximum Gasteiger partial charge on any atom is 0.339 e. The van der Waals surface area contributed by atoms with Crippen LogP contribution < -0.4 is 4.18 Å². The molecule has 0 aromatic heterocycles. The van der Waals surface area contributed by atoms with Crippen LogP contribution in [0.5, 0.6) is 5.75 Å². The summed E-state index contributed by atoms with van der Waals surface area (Å²) in [5, 5.41) is 0. The van der Waals surface area contributed by atoms with Crippen LogP contribution in [0.1, 0.15) is 11.1 Å². The summed E-state index contributed by atoms with van der Waals surface area (Å²) in [5.74, 6) is 0.259. The number of hydrogen-bond donors (Lipinski definition) is 0. The average molecular weight is 353 g/mol. The summed E-state index contributed by atoms with van der Waals surface area (Å²) in [7, 11) is -3.88. The maximum absolute atomic E-state index is 12.3. The molecule has 2 aromatic carbocycles. The molecule has 0 aliphatic heterocycles. The summed E-state index contributed by atoms with van der Waals surface area (Å²) in [6.45, 7) is 5.53. The van der Waals surface area contributed by atoms with E-state index in [-0.39, 0.29) is 10.6 Å². The van der Waals surface area contributed by atoms with Crippen molar-refractivity contribution in [3.8, 4) is 5.75 Å². The van der Waals surface area contributed by atoms with Crippen LogP contribution in [-0.4, -0.2) is 8.42 Å². The zero-order valence-electron chi connectivity index (χ0n) is 10.8. The van der Waals surface area contributed by atoms with Crippen molar-refractivity contribution in [3.05, 3.63) is 64.6 Å². The van der Waals surface area contributed by atoms with Crippen molar-refractivity contribution in [2.75, 3.05) is 0 Å². The van der Waals surface area contributed by atoms with Crippen molar-refractivity contribution in [2.24, 2.45) is 0 Å². The third-order valence-electron chi connectivity index (χ3n) is 2.66. The predicted molar refractivity (Wildman–Crippen MR) is 83.2 cm³/mol. The molecule has 5 heteroatoms. The van der Waals surface area contributed by atoms with Crippen LogP contribution in [0.2, 0.25) is 0 Å². The van der Waals surface area contributed by atoms with Crippen LogP contribution >= 0.6 is 15.9 Å². The molecule has 104 valence electrons. The Morgan fingerprint density at radius 1 is 1.20 bits per heavy atom. The lowest BCUT2D eigenvalue weighted by Crippen LogP contribution is -2.11. The van der Waals surface area contributed by atoms with Crippen molar-refractivity contribution in [1.82, 2.24) is 0 Å². The van der Waals surface area contributed by atoms with E-state index in [1.165, 1.54) is 12.1 Å². The van der Waals surface area contributed by atoms with E-state index in [9.17, 15) is 8.42 Å². The maximum atomic E-state index is 12.3. The standard InChI is InChI=1S/C15H13BrO3S/c1-3-12-9-11(2)7-8-15(12)20(17,18)19-14-6-4-5-13(16)10-14/h3-10H,1H2,2H3. The van der Waals surface area contributed by atoms with Crippen LogP contribution in [0, 0.1) is 6.92 Å². The van der Waals surface area contributed by atoms with Gasteiger partial charge >= 0.3 is 10.1 Å². The highest BCUT2D eigenvalue weighted by Crippen LogP contribution is 2.25. The molecule has 0 atom stereocenters. The van der Waals surface area contributed by atoms with E-state index in [0.717, 1.165) is 10.0 Å². The summed E-state index contributed by atoms with van der Waals surface area (Å²) in [5.41, 5.74) is 1.49. The Morgan fingerprint density at radius 3 is 2.60 bits per heavy atom. The quantitative estimate of drug-likeness (QED) is 0.775. The van der Waals surface area contributed by atoms with Gasteiger partial charge in [-0.1, -0.05) is 52.3 Å². The first kappa shape index (κ1) is 14.8. The molecule has 0 amide bonds. The topological polar surface area (TPSA) is 43.4 Å². The van der Waals surface area contributed by atoms with E-state index in [4.69, 9.17) is 4.18 Å². The van der Waals surface area contributed by atoms with E-state index in [0.29, 0.717) is 5.56 Å². The fraction of sp³-hybridized carbons (Fsp3) is 0.0667. The Bertz CT molecular complexity index is 751. The van der Waals surface area contributed by atoms with Gasteiger partial charge in [0.25, 0.3) is 0 Å². The normalized spacial score (nSPS) is 11.1. The van der Waals surface area contributed by atoms with Gasteiger partial charge in [0.1, 0.15) is 10.6 Å². The molecular formula is C15H13BrO3S. The zero-order chi connectivity index (χ0) is 14.8. The molecule has 0 aliphatic carbocycles. The SMILES string of the molecule is C=Cc1cc(C)ccc1S(=O)(=O)Oc1cccc(Br)c1. The fourth-order valence-corrected chi connectivity index (χ4v) is 3.24. The third kappa shape index (κ3) is 3.29. The van der Waals surface area contributed by atoms with Crippen molar-refractivity contribution in [1.29, 1.82) is 0 Å². The van der Waals surface area contributed by atoms with Gasteiger partial charge in [0.05, 0.1) is 0 Å². The molecule has 0 radical (unpaired) electrons. The lowest BCUT2D eigenvalue weighted by molar-refractivity contribution is 0.486. The molecule has 0 N–H and O–H groups in total. The van der Waals surface area contributed by atoms with E-state index >= 15 is 0 Å². The Balaban J connectivity index is 2.43. The molecule has 0 heterocycles. The molecule has 0 saturated carbocycles. The molecule has 2 aromatic rings. The minimum Gasteiger partial charge on any atom is -0.379 e. The van der Waals surface area contributed by atoms with Crippen molar-refractivity contribution in [3.63, 3.8) is 0 Å². The minimum absolute atomic E-state index is 0.109. The third-order valence-corrected chi connectivity index (χ3v) is 4.47. The van der Waals surface area contributed by atoms with Crippen LogP contribution in [-0.2, 0) is 10.1 Å². The van der Waals surface area contributed by atoms with E-state index in [1.807, 2.05) is 6.92 Å². The smallest absolute Gasteiger partial charge is 0.339 e. The molecule has 3 nitrogen and oxygen atoms in total. The minimum atomic E-state index is -3.88. The Labute approximate surface area is 127 Å². The number of benzene rings is 2. The molecule has 0 bridgehead atoms. The Kier molecular flexibility index (Phi) is 4.30. The highest BCUT2D eigenvalue weighted by atomic mass is 79.9. The summed E-state index contributed by atoms with van der Waals surface area (Å²) in [6.07, 6.45) is 1.50. The van der Waals surface area contributed by atoms with Gasteiger partial charge in [-0.15, -0.1) is 0 Å². The van der Waals surface area contributed by atoms with Gasteiger partial charge in [0.15, 0.2) is 0 Å². The first-order valence-corrected chi connectivity index (χ1v) is 8.05. The summed E-state index contributed by atoms with van der Waals surface area (Å²) in [4.78, 5) is 0.109. The molecule has 0 fully saturated rings. The first-order valence-electron chi connectivity index (χ1n) is 5.85. The van der Waals surface area contributed by atoms with Gasteiger partial charge in [0, 0.05) is 4.47 Å². The molecule has 20 heavy (non-hydrogen) atoms. The first-order chi connectivity index (χ1) is 9.42. The summed E-state index contributed by atoms with van der Waals surface area (Å²) in [6, 6.07) is 11.7. The number of hydrogen-bond acceptors (Lipinski definition) is 3. The predicted octanol–water partition coefficient (Wildman–Crippen LogP) is 4.17. The number of rotatable bonds is 4. The number of halogens is 1. The van der Waals surface area contributed by atoms with Gasteiger partial charge in [-0.05, 0) is 36.8 Å². The van der Waals surface area contributed by atoms with Crippen LogP contribution in [0.3, 0.4) is 0 Å². The monoisotopic (exact) mass is 352 g/mol. The average Bonchev–Trinajstić information content (AvgIpc) is 2.37. The lowest BCUT2D eigenvalue weighted by atomic mass is 10.1. The largest absolute Gasteiger partial charge is 0.379 e. The summed E-state index contributed by atoms with van der Waals surface area (Å²) >= 11 is 3.27.